The van der Waals surface area contributed by atoms with Crippen LogP contribution in [0.2, 0.25) is 0 Å². The molecule has 2 amide bonds. The van der Waals surface area contributed by atoms with Crippen LogP contribution in [-0.2, 0) is 10.2 Å². The molecule has 3 rings (SSSR count). The molecule has 12 heteroatoms. The number of urea groups is 1. The van der Waals surface area contributed by atoms with Crippen LogP contribution in [0.4, 0.5) is 25.7 Å². The predicted octanol–water partition coefficient (Wildman–Crippen LogP) is 2.17. The lowest BCUT2D eigenvalue weighted by molar-refractivity contribution is 0.262. The second kappa shape index (κ2) is 7.63. The van der Waals surface area contributed by atoms with Gasteiger partial charge >= 0.3 is 16.3 Å². The van der Waals surface area contributed by atoms with E-state index in [4.69, 9.17) is 11.5 Å². The maximum absolute atomic E-state index is 13.1. The summed E-state index contributed by atoms with van der Waals surface area (Å²) in [7, 11) is -4.87. The van der Waals surface area contributed by atoms with Crippen LogP contribution in [0, 0.1) is 0 Å². The van der Waals surface area contributed by atoms with Gasteiger partial charge in [-0.2, -0.15) is 13.4 Å². The summed E-state index contributed by atoms with van der Waals surface area (Å²) in [6.07, 6.45) is 0. The lowest BCUT2D eigenvalue weighted by atomic mass is 10.1. The zero-order valence-corrected chi connectivity index (χ0v) is 16.9. The number of carbonyl (C=O) groups is 1. The minimum Gasteiger partial charge on any atom is -0.369 e. The first-order valence-corrected chi connectivity index (χ1v) is 10.1. The number of guanidine groups is 2. The predicted molar refractivity (Wildman–Crippen MR) is 114 cm³/mol. The van der Waals surface area contributed by atoms with Crippen LogP contribution in [0.25, 0.3) is 0 Å². The average Bonchev–Trinajstić information content (AvgIpc) is 2.61. The molecule has 0 aromatic heterocycles. The van der Waals surface area contributed by atoms with E-state index in [9.17, 15) is 17.1 Å². The van der Waals surface area contributed by atoms with Crippen molar-refractivity contribution in [2.24, 2.45) is 21.5 Å². The number of aliphatic imine (C=N–C) groups is 2. The van der Waals surface area contributed by atoms with Crippen LogP contribution in [0.3, 0.4) is 0 Å². The summed E-state index contributed by atoms with van der Waals surface area (Å²) in [5.74, 6) is 0.280. The van der Waals surface area contributed by atoms with Crippen molar-refractivity contribution in [3.8, 4) is 0 Å². The second-order valence-electron chi connectivity index (χ2n) is 6.86. The fourth-order valence-corrected chi connectivity index (χ4v) is 3.47. The van der Waals surface area contributed by atoms with Crippen molar-refractivity contribution in [3.63, 3.8) is 0 Å². The van der Waals surface area contributed by atoms with Gasteiger partial charge in [-0.05, 0) is 56.3 Å². The monoisotopic (exact) mass is 433 g/mol. The molecule has 2 aromatic carbocycles. The normalized spacial score (nSPS) is 15.8. The van der Waals surface area contributed by atoms with E-state index in [1.807, 2.05) is 13.8 Å². The van der Waals surface area contributed by atoms with Crippen molar-refractivity contribution < 1.29 is 17.1 Å². The zero-order chi connectivity index (χ0) is 22.1. The smallest absolute Gasteiger partial charge is 0.332 e. The summed E-state index contributed by atoms with van der Waals surface area (Å²) in [5, 5.41) is 5.04. The van der Waals surface area contributed by atoms with Crippen molar-refractivity contribution >= 4 is 45.2 Å². The highest BCUT2D eigenvalue weighted by Gasteiger charge is 2.32. The number of nitrogens with two attached hydrogens (primary N) is 2. The van der Waals surface area contributed by atoms with Crippen molar-refractivity contribution in [2.45, 2.75) is 24.4 Å². The Morgan fingerprint density at radius 3 is 2.30 bits per heavy atom. The van der Waals surface area contributed by atoms with Gasteiger partial charge in [-0.3, -0.25) is 4.90 Å². The number of amides is 2. The number of halogens is 1. The maximum Gasteiger partial charge on any atom is 0.332 e. The van der Waals surface area contributed by atoms with E-state index in [1.54, 1.807) is 29.2 Å². The molecule has 10 nitrogen and oxygen atoms in total. The van der Waals surface area contributed by atoms with Gasteiger partial charge in [-0.25, -0.2) is 9.79 Å². The van der Waals surface area contributed by atoms with Gasteiger partial charge in [0.2, 0.25) is 11.9 Å². The number of carbonyl (C=O) groups excluding carboxylic acids is 1. The molecular weight excluding hydrogens is 413 g/mol. The fourth-order valence-electron chi connectivity index (χ4n) is 2.96. The minimum absolute atomic E-state index is 0.0911. The summed E-state index contributed by atoms with van der Waals surface area (Å²) in [5.41, 5.74) is 12.2. The molecule has 0 saturated carbocycles. The lowest BCUT2D eigenvalue weighted by Gasteiger charge is -2.38. The number of anilines is 3. The molecule has 0 unspecified atom stereocenters. The Hall–Kier alpha value is -3.67. The van der Waals surface area contributed by atoms with Gasteiger partial charge in [0.1, 0.15) is 10.6 Å². The van der Waals surface area contributed by atoms with E-state index < -0.39 is 26.8 Å². The number of benzene rings is 2. The van der Waals surface area contributed by atoms with Crippen LogP contribution in [0.1, 0.15) is 13.8 Å². The largest absolute Gasteiger partial charge is 0.369 e. The quantitative estimate of drug-likeness (QED) is 0.542. The molecule has 0 bridgehead atoms. The van der Waals surface area contributed by atoms with Gasteiger partial charge in [0.05, 0.1) is 0 Å². The minimum atomic E-state index is -4.87. The molecule has 30 heavy (non-hydrogen) atoms. The Kier molecular flexibility index (Phi) is 5.35. The molecule has 0 atom stereocenters. The number of nitrogens with zero attached hydrogens (tertiary/aromatic N) is 3. The average molecular weight is 433 g/mol. The molecule has 0 fully saturated rings. The number of nitrogens with one attached hydrogen (secondary N) is 2. The first-order chi connectivity index (χ1) is 14.0. The van der Waals surface area contributed by atoms with Gasteiger partial charge in [0, 0.05) is 17.1 Å². The molecular formula is C18H20FN7O3S. The highest BCUT2D eigenvalue weighted by molar-refractivity contribution is 7.86. The Balaban J connectivity index is 1.71. The van der Waals surface area contributed by atoms with Gasteiger partial charge in [0.15, 0.2) is 0 Å². The topological polar surface area (TPSA) is 155 Å². The van der Waals surface area contributed by atoms with Crippen molar-refractivity contribution in [1.82, 2.24) is 0 Å². The van der Waals surface area contributed by atoms with E-state index in [-0.39, 0.29) is 17.6 Å². The second-order valence-corrected chi connectivity index (χ2v) is 8.21. The summed E-state index contributed by atoms with van der Waals surface area (Å²) < 4.78 is 35.0. The Morgan fingerprint density at radius 1 is 1.07 bits per heavy atom. The zero-order valence-electron chi connectivity index (χ0n) is 16.1. The van der Waals surface area contributed by atoms with E-state index in [1.165, 1.54) is 12.1 Å². The Bertz CT molecular complexity index is 1140. The van der Waals surface area contributed by atoms with Crippen LogP contribution in [-0.4, -0.2) is 32.0 Å². The maximum atomic E-state index is 13.1. The van der Waals surface area contributed by atoms with Crippen LogP contribution in [0.5, 0.6) is 0 Å². The number of rotatable bonds is 4. The fraction of sp³-hybridized carbons (Fsp3) is 0.167. The molecule has 0 saturated heterocycles. The van der Waals surface area contributed by atoms with E-state index >= 15 is 0 Å². The molecule has 1 aliphatic heterocycles. The van der Waals surface area contributed by atoms with Gasteiger partial charge in [0.25, 0.3) is 0 Å². The van der Waals surface area contributed by atoms with Crippen LogP contribution in [0.15, 0.2) is 63.4 Å². The SMILES string of the molecule is CC1(C)N=C(N)N=C(N)N1c1ccc(NC(=O)Nc2cccc(S(=O)(=O)F)c2)cc1. The summed E-state index contributed by atoms with van der Waals surface area (Å²) in [6, 6.07) is 10.9. The highest BCUT2D eigenvalue weighted by Crippen LogP contribution is 2.28. The highest BCUT2D eigenvalue weighted by atomic mass is 32.3. The molecule has 0 radical (unpaired) electrons. The summed E-state index contributed by atoms with van der Waals surface area (Å²) >= 11 is 0. The first kappa shape index (κ1) is 21.0. The first-order valence-electron chi connectivity index (χ1n) is 8.68. The standard InChI is InChI=1S/C18H20FN7O3S/c1-18(2)25-15(20)24-16(21)26(18)13-8-6-11(7-9-13)22-17(27)23-12-4-3-5-14(10-12)30(19,28)29/h3-10H,1-2H3,(H2,22,23,27)(H4,20,21,24,25). The molecule has 0 aliphatic carbocycles. The van der Waals surface area contributed by atoms with Crippen molar-refractivity contribution in [1.29, 1.82) is 0 Å². The molecule has 1 aliphatic rings. The van der Waals surface area contributed by atoms with Crippen LogP contribution >= 0.6 is 0 Å². The Labute approximate surface area is 172 Å². The van der Waals surface area contributed by atoms with E-state index in [0.29, 0.717) is 11.4 Å². The summed E-state index contributed by atoms with van der Waals surface area (Å²) in [6.45, 7) is 3.65. The van der Waals surface area contributed by atoms with Crippen molar-refractivity contribution in [2.75, 3.05) is 15.5 Å². The molecule has 158 valence electrons. The van der Waals surface area contributed by atoms with Crippen LogP contribution < -0.4 is 27.0 Å². The van der Waals surface area contributed by atoms with E-state index in [2.05, 4.69) is 20.6 Å². The molecule has 2 aromatic rings. The van der Waals surface area contributed by atoms with Gasteiger partial charge < -0.3 is 22.1 Å². The van der Waals surface area contributed by atoms with E-state index in [0.717, 1.165) is 12.1 Å². The number of hydrogen-bond donors (Lipinski definition) is 4. The third-order valence-electron chi connectivity index (χ3n) is 4.15. The molecule has 1 heterocycles. The lowest BCUT2D eigenvalue weighted by Crippen LogP contribution is -2.54. The molecule has 0 spiro atoms. The summed E-state index contributed by atoms with van der Waals surface area (Å²) in [4.78, 5) is 21.6. The third-order valence-corrected chi connectivity index (χ3v) is 4.97. The van der Waals surface area contributed by atoms with Crippen molar-refractivity contribution in [3.05, 3.63) is 48.5 Å². The molecule has 6 N–H and O–H groups in total. The Morgan fingerprint density at radius 2 is 1.70 bits per heavy atom. The van der Waals surface area contributed by atoms with Gasteiger partial charge in [-0.15, -0.1) is 3.89 Å². The number of hydrogen-bond acceptors (Lipinski definition) is 8. The van der Waals surface area contributed by atoms with Gasteiger partial charge in [-0.1, -0.05) is 6.07 Å². The third kappa shape index (κ3) is 4.66.